The average molecular weight is 386 g/mol. The number of aliphatic imine (C=N–C) groups is 1. The SMILES string of the molecule is O=C(N[C@@H]1N=C(c2ccccn2)c2ccccc2NC1=O)OCc1ccccc1. The Morgan fingerprint density at radius 3 is 2.55 bits per heavy atom. The van der Waals surface area contributed by atoms with Crippen LogP contribution < -0.4 is 10.6 Å². The van der Waals surface area contributed by atoms with Gasteiger partial charge in [-0.25, -0.2) is 9.79 Å². The zero-order chi connectivity index (χ0) is 20.1. The third kappa shape index (κ3) is 4.30. The minimum atomic E-state index is -1.15. The van der Waals surface area contributed by atoms with E-state index in [1.54, 1.807) is 24.4 Å². The van der Waals surface area contributed by atoms with Crippen molar-refractivity contribution in [1.82, 2.24) is 10.3 Å². The number of aromatic nitrogens is 1. The lowest BCUT2D eigenvalue weighted by Crippen LogP contribution is -2.42. The molecule has 1 aliphatic heterocycles. The molecule has 2 amide bonds. The third-order valence-corrected chi connectivity index (χ3v) is 4.32. The van der Waals surface area contributed by atoms with Crippen molar-refractivity contribution in [3.8, 4) is 0 Å². The van der Waals surface area contributed by atoms with Crippen molar-refractivity contribution >= 4 is 23.4 Å². The number of anilines is 1. The number of carbonyl (C=O) groups excluding carboxylic acids is 2. The summed E-state index contributed by atoms with van der Waals surface area (Å²) in [6.07, 6.45) is -0.233. The lowest BCUT2D eigenvalue weighted by molar-refractivity contribution is -0.117. The van der Waals surface area contributed by atoms with Gasteiger partial charge in [0.2, 0.25) is 6.17 Å². The summed E-state index contributed by atoms with van der Waals surface area (Å²) < 4.78 is 5.22. The molecule has 0 saturated heterocycles. The van der Waals surface area contributed by atoms with E-state index in [-0.39, 0.29) is 6.61 Å². The second-order valence-electron chi connectivity index (χ2n) is 6.34. The number of rotatable bonds is 4. The van der Waals surface area contributed by atoms with Crippen molar-refractivity contribution in [2.24, 2.45) is 4.99 Å². The third-order valence-electron chi connectivity index (χ3n) is 4.32. The van der Waals surface area contributed by atoms with E-state index in [1.807, 2.05) is 54.6 Å². The number of hydrogen-bond acceptors (Lipinski definition) is 5. The Labute approximate surface area is 167 Å². The predicted octanol–water partition coefficient (Wildman–Crippen LogP) is 3.12. The van der Waals surface area contributed by atoms with Crippen LogP contribution in [-0.4, -0.2) is 28.9 Å². The maximum Gasteiger partial charge on any atom is 0.409 e. The van der Waals surface area contributed by atoms with Crippen molar-refractivity contribution < 1.29 is 14.3 Å². The number of hydrogen-bond donors (Lipinski definition) is 2. The van der Waals surface area contributed by atoms with Gasteiger partial charge in [-0.2, -0.15) is 0 Å². The normalized spacial score (nSPS) is 15.4. The summed E-state index contributed by atoms with van der Waals surface area (Å²) >= 11 is 0. The van der Waals surface area contributed by atoms with E-state index < -0.39 is 18.2 Å². The molecule has 4 rings (SSSR count). The predicted molar refractivity (Wildman–Crippen MR) is 108 cm³/mol. The van der Waals surface area contributed by atoms with Crippen LogP contribution >= 0.6 is 0 Å². The van der Waals surface area contributed by atoms with Gasteiger partial charge in [-0.3, -0.25) is 15.1 Å². The number of nitrogens with one attached hydrogen (secondary N) is 2. The summed E-state index contributed by atoms with van der Waals surface area (Å²) in [4.78, 5) is 33.8. The van der Waals surface area contributed by atoms with Crippen LogP contribution in [-0.2, 0) is 16.1 Å². The van der Waals surface area contributed by atoms with Gasteiger partial charge in [0, 0.05) is 11.8 Å². The molecule has 1 aromatic heterocycles. The number of pyridine rings is 1. The fourth-order valence-electron chi connectivity index (χ4n) is 2.94. The fraction of sp³-hybridized carbons (Fsp3) is 0.0909. The molecule has 2 heterocycles. The lowest BCUT2D eigenvalue weighted by atomic mass is 10.0. The minimum absolute atomic E-state index is 0.0953. The Balaban J connectivity index is 1.58. The molecule has 7 nitrogen and oxygen atoms in total. The number of para-hydroxylation sites is 1. The van der Waals surface area contributed by atoms with Crippen molar-refractivity contribution in [3.05, 3.63) is 95.8 Å². The van der Waals surface area contributed by atoms with Crippen LogP contribution in [0, 0.1) is 0 Å². The largest absolute Gasteiger partial charge is 0.445 e. The number of benzene rings is 2. The van der Waals surface area contributed by atoms with Gasteiger partial charge in [-0.05, 0) is 23.8 Å². The molecule has 0 bridgehead atoms. The number of ether oxygens (including phenoxy) is 1. The number of fused-ring (bicyclic) bond motifs is 1. The highest BCUT2D eigenvalue weighted by Crippen LogP contribution is 2.22. The van der Waals surface area contributed by atoms with Crippen molar-refractivity contribution in [3.63, 3.8) is 0 Å². The highest BCUT2D eigenvalue weighted by atomic mass is 16.5. The van der Waals surface area contributed by atoms with Gasteiger partial charge in [-0.1, -0.05) is 54.6 Å². The molecule has 0 aliphatic carbocycles. The number of nitrogens with zero attached hydrogens (tertiary/aromatic N) is 2. The molecule has 144 valence electrons. The summed E-state index contributed by atoms with van der Waals surface area (Å²) in [6.45, 7) is 0.0953. The molecule has 0 fully saturated rings. The van der Waals surface area contributed by atoms with E-state index >= 15 is 0 Å². The summed E-state index contributed by atoms with van der Waals surface area (Å²) in [7, 11) is 0. The second kappa shape index (κ2) is 8.35. The van der Waals surface area contributed by atoms with Gasteiger partial charge < -0.3 is 10.1 Å². The molecule has 29 heavy (non-hydrogen) atoms. The summed E-state index contributed by atoms with van der Waals surface area (Å²) in [5.74, 6) is -0.458. The molecule has 1 atom stereocenters. The van der Waals surface area contributed by atoms with Crippen LogP contribution in [0.2, 0.25) is 0 Å². The molecule has 1 aliphatic rings. The molecular formula is C22H18N4O3. The van der Waals surface area contributed by atoms with Crippen molar-refractivity contribution in [1.29, 1.82) is 0 Å². The minimum Gasteiger partial charge on any atom is -0.445 e. The highest BCUT2D eigenvalue weighted by molar-refractivity contribution is 6.18. The summed E-state index contributed by atoms with van der Waals surface area (Å²) in [6, 6.07) is 22.0. The highest BCUT2D eigenvalue weighted by Gasteiger charge is 2.27. The Morgan fingerprint density at radius 1 is 1.00 bits per heavy atom. The van der Waals surface area contributed by atoms with Crippen LogP contribution in [0.1, 0.15) is 16.8 Å². The first-order valence-corrected chi connectivity index (χ1v) is 9.07. The van der Waals surface area contributed by atoms with E-state index in [0.717, 1.165) is 11.1 Å². The molecule has 0 spiro atoms. The van der Waals surface area contributed by atoms with Crippen molar-refractivity contribution in [2.75, 3.05) is 5.32 Å². The van der Waals surface area contributed by atoms with Crippen LogP contribution in [0.4, 0.5) is 10.5 Å². The maximum atomic E-state index is 12.7. The summed E-state index contributed by atoms with van der Waals surface area (Å²) in [5, 5.41) is 5.32. The van der Waals surface area contributed by atoms with E-state index in [9.17, 15) is 9.59 Å². The monoisotopic (exact) mass is 386 g/mol. The van der Waals surface area contributed by atoms with Crippen LogP contribution in [0.25, 0.3) is 0 Å². The van der Waals surface area contributed by atoms with Crippen LogP contribution in [0.15, 0.2) is 84.0 Å². The Morgan fingerprint density at radius 2 is 1.76 bits per heavy atom. The molecular weight excluding hydrogens is 368 g/mol. The smallest absolute Gasteiger partial charge is 0.409 e. The molecule has 0 unspecified atom stereocenters. The Hall–Kier alpha value is -4.00. The number of carbonyl (C=O) groups is 2. The zero-order valence-corrected chi connectivity index (χ0v) is 15.4. The topological polar surface area (TPSA) is 92.7 Å². The summed E-state index contributed by atoms with van der Waals surface area (Å²) in [5.41, 5.74) is 3.28. The average Bonchev–Trinajstić information content (AvgIpc) is 2.90. The van der Waals surface area contributed by atoms with Crippen LogP contribution in [0.5, 0.6) is 0 Å². The van der Waals surface area contributed by atoms with E-state index in [0.29, 0.717) is 17.1 Å². The number of alkyl carbamates (subject to hydrolysis) is 1. The maximum absolute atomic E-state index is 12.7. The van der Waals surface area contributed by atoms with Gasteiger partial charge in [-0.15, -0.1) is 0 Å². The molecule has 0 saturated carbocycles. The Bertz CT molecular complexity index is 1050. The van der Waals surface area contributed by atoms with Crippen molar-refractivity contribution in [2.45, 2.75) is 12.8 Å². The van der Waals surface area contributed by atoms with E-state index in [1.165, 1.54) is 0 Å². The Kier molecular flexibility index (Phi) is 5.29. The van der Waals surface area contributed by atoms with E-state index in [4.69, 9.17) is 4.74 Å². The van der Waals surface area contributed by atoms with Gasteiger partial charge >= 0.3 is 6.09 Å². The van der Waals surface area contributed by atoms with Gasteiger partial charge in [0.1, 0.15) is 6.61 Å². The quantitative estimate of drug-likeness (QED) is 0.721. The second-order valence-corrected chi connectivity index (χ2v) is 6.34. The first-order valence-electron chi connectivity index (χ1n) is 9.07. The number of amides is 2. The van der Waals surface area contributed by atoms with Gasteiger partial charge in [0.05, 0.1) is 17.1 Å². The molecule has 0 radical (unpaired) electrons. The molecule has 3 aromatic rings. The fourth-order valence-corrected chi connectivity index (χ4v) is 2.94. The first kappa shape index (κ1) is 18.4. The van der Waals surface area contributed by atoms with Gasteiger partial charge in [0.25, 0.3) is 5.91 Å². The standard InChI is InChI=1S/C22H18N4O3/c27-21-20(26-22(28)29-14-15-8-2-1-3-9-15)25-19(18-12-6-7-13-23-18)16-10-4-5-11-17(16)24-21/h1-13,20H,14H2,(H,24,27)(H,26,28)/t20-/m0/s1. The lowest BCUT2D eigenvalue weighted by Gasteiger charge is -2.13. The molecule has 2 N–H and O–H groups in total. The number of benzodiazepines with no additional fused rings is 1. The van der Waals surface area contributed by atoms with E-state index in [2.05, 4.69) is 20.6 Å². The zero-order valence-electron chi connectivity index (χ0n) is 15.4. The first-order chi connectivity index (χ1) is 14.2. The van der Waals surface area contributed by atoms with Crippen LogP contribution in [0.3, 0.4) is 0 Å². The molecule has 2 aromatic carbocycles. The van der Waals surface area contributed by atoms with Gasteiger partial charge in [0.15, 0.2) is 0 Å². The molecule has 7 heteroatoms.